The molecule has 4 saturated carbocycles. The number of carbonyl (C=O) groups is 2. The van der Waals surface area contributed by atoms with E-state index in [-0.39, 0.29) is 30.6 Å². The monoisotopic (exact) mass is 384 g/mol. The summed E-state index contributed by atoms with van der Waals surface area (Å²) in [6.45, 7) is 0.786. The zero-order valence-corrected chi connectivity index (χ0v) is 16.4. The number of carbonyl (C=O) groups excluding carboxylic acids is 2. The molecule has 0 spiro atoms. The second-order valence-electron chi connectivity index (χ2n) is 9.32. The van der Waals surface area contributed by atoms with Gasteiger partial charge in [0.15, 0.2) is 11.5 Å². The van der Waals surface area contributed by atoms with Gasteiger partial charge in [0.2, 0.25) is 18.6 Å². The molecule has 5 aliphatic rings. The predicted octanol–water partition coefficient (Wildman–Crippen LogP) is 2.71. The minimum absolute atomic E-state index is 0.0711. The maximum absolute atomic E-state index is 13.0. The first kappa shape index (κ1) is 17.8. The third-order valence-corrected chi connectivity index (χ3v) is 7.20. The summed E-state index contributed by atoms with van der Waals surface area (Å²) in [4.78, 5) is 27.2. The molecule has 150 valence electrons. The minimum atomic E-state index is -0.203. The largest absolute Gasteiger partial charge is 0.454 e. The fourth-order valence-corrected chi connectivity index (χ4v) is 6.27. The minimum Gasteiger partial charge on any atom is -0.454 e. The van der Waals surface area contributed by atoms with Crippen molar-refractivity contribution in [2.75, 3.05) is 20.4 Å². The molecule has 0 saturated heterocycles. The van der Waals surface area contributed by atoms with E-state index in [1.807, 2.05) is 18.2 Å². The van der Waals surface area contributed by atoms with Crippen molar-refractivity contribution < 1.29 is 19.1 Å². The van der Waals surface area contributed by atoms with Gasteiger partial charge in [-0.05, 0) is 74.0 Å². The van der Waals surface area contributed by atoms with Crippen molar-refractivity contribution in [3.63, 3.8) is 0 Å². The highest BCUT2D eigenvalue weighted by Crippen LogP contribution is 2.60. The number of fused-ring (bicyclic) bond motifs is 1. The highest BCUT2D eigenvalue weighted by Gasteiger charge is 2.54. The summed E-state index contributed by atoms with van der Waals surface area (Å²) < 4.78 is 10.7. The fourth-order valence-electron chi connectivity index (χ4n) is 6.27. The van der Waals surface area contributed by atoms with Crippen LogP contribution in [0.25, 0.3) is 0 Å². The van der Waals surface area contributed by atoms with E-state index >= 15 is 0 Å². The molecule has 0 aromatic heterocycles. The van der Waals surface area contributed by atoms with Crippen LogP contribution in [0.2, 0.25) is 0 Å². The van der Waals surface area contributed by atoms with E-state index in [0.717, 1.165) is 48.3 Å². The molecule has 0 atom stereocenters. The number of hydrogen-bond donors (Lipinski definition) is 1. The Bertz CT molecular complexity index is 770. The van der Waals surface area contributed by atoms with Gasteiger partial charge in [0.25, 0.3) is 0 Å². The lowest BCUT2D eigenvalue weighted by molar-refractivity contribution is -0.147. The molecular formula is C22H28N2O4. The number of nitrogens with zero attached hydrogens (tertiary/aromatic N) is 1. The van der Waals surface area contributed by atoms with Crippen LogP contribution < -0.4 is 14.8 Å². The first-order valence-corrected chi connectivity index (χ1v) is 10.4. The summed E-state index contributed by atoms with van der Waals surface area (Å²) in [7, 11) is 1.77. The normalized spacial score (nSPS) is 31.7. The van der Waals surface area contributed by atoms with Gasteiger partial charge in [-0.25, -0.2) is 0 Å². The topological polar surface area (TPSA) is 67.9 Å². The number of nitrogens with one attached hydrogen (secondary N) is 1. The van der Waals surface area contributed by atoms with Crippen molar-refractivity contribution in [2.24, 2.45) is 23.2 Å². The second kappa shape index (κ2) is 6.68. The summed E-state index contributed by atoms with van der Waals surface area (Å²) in [6, 6.07) is 5.70. The fraction of sp³-hybridized carbons (Fsp3) is 0.636. The van der Waals surface area contributed by atoms with Crippen molar-refractivity contribution in [3.8, 4) is 11.5 Å². The molecule has 4 fully saturated rings. The molecule has 28 heavy (non-hydrogen) atoms. The standard InChI is InChI=1S/C22H28N2O4/c1-24(12-14-2-3-18-19(7-14)28-13-27-18)20(25)11-23-21(26)22-8-15-4-16(9-22)6-17(5-15)10-22/h2-3,7,15-17H,4-6,8-13H2,1H3,(H,23,26). The first-order chi connectivity index (χ1) is 13.5. The SMILES string of the molecule is CN(Cc1ccc2c(c1)OCO2)C(=O)CNC(=O)C12CC3CC(CC(C3)C1)C2. The van der Waals surface area contributed by atoms with Crippen LogP contribution in [0.15, 0.2) is 18.2 Å². The summed E-state index contributed by atoms with van der Waals surface area (Å²) in [5.74, 6) is 3.66. The van der Waals surface area contributed by atoms with Gasteiger partial charge in [-0.15, -0.1) is 0 Å². The molecule has 4 aliphatic carbocycles. The van der Waals surface area contributed by atoms with E-state index < -0.39 is 0 Å². The van der Waals surface area contributed by atoms with Gasteiger partial charge < -0.3 is 19.7 Å². The molecule has 1 N–H and O–H groups in total. The molecule has 2 amide bonds. The summed E-state index contributed by atoms with van der Waals surface area (Å²) >= 11 is 0. The van der Waals surface area contributed by atoms with Gasteiger partial charge in [-0.2, -0.15) is 0 Å². The number of likely N-dealkylation sites (N-methyl/N-ethyl adjacent to an activating group) is 1. The molecule has 4 bridgehead atoms. The number of benzene rings is 1. The average molecular weight is 384 g/mol. The number of amides is 2. The molecule has 0 unspecified atom stereocenters. The van der Waals surface area contributed by atoms with Gasteiger partial charge in [0.05, 0.1) is 6.54 Å². The first-order valence-electron chi connectivity index (χ1n) is 10.4. The van der Waals surface area contributed by atoms with Crippen LogP contribution in [-0.2, 0) is 16.1 Å². The van der Waals surface area contributed by atoms with Crippen molar-refractivity contribution >= 4 is 11.8 Å². The Morgan fingerprint density at radius 2 is 1.71 bits per heavy atom. The van der Waals surface area contributed by atoms with Gasteiger partial charge in [-0.3, -0.25) is 9.59 Å². The van der Waals surface area contributed by atoms with Crippen LogP contribution in [0, 0.1) is 23.2 Å². The van der Waals surface area contributed by atoms with E-state index in [0.29, 0.717) is 12.3 Å². The number of hydrogen-bond acceptors (Lipinski definition) is 4. The molecule has 6 heteroatoms. The lowest BCUT2D eigenvalue weighted by Crippen LogP contribution is -2.54. The summed E-state index contributed by atoms with van der Waals surface area (Å²) in [5, 5.41) is 2.97. The predicted molar refractivity (Wildman–Crippen MR) is 103 cm³/mol. The zero-order chi connectivity index (χ0) is 19.3. The molecule has 6 nitrogen and oxygen atoms in total. The molecular weight excluding hydrogens is 356 g/mol. The van der Waals surface area contributed by atoms with Crippen LogP contribution in [0.3, 0.4) is 0 Å². The Morgan fingerprint density at radius 1 is 1.07 bits per heavy atom. The molecule has 1 aliphatic heterocycles. The van der Waals surface area contributed by atoms with Crippen molar-refractivity contribution in [1.82, 2.24) is 10.2 Å². The van der Waals surface area contributed by atoms with Crippen LogP contribution in [0.5, 0.6) is 11.5 Å². The van der Waals surface area contributed by atoms with Crippen molar-refractivity contribution in [1.29, 1.82) is 0 Å². The lowest BCUT2D eigenvalue weighted by atomic mass is 9.49. The highest BCUT2D eigenvalue weighted by atomic mass is 16.7. The van der Waals surface area contributed by atoms with Crippen LogP contribution in [0.4, 0.5) is 0 Å². The van der Waals surface area contributed by atoms with Crippen LogP contribution in [-0.4, -0.2) is 37.1 Å². The maximum Gasteiger partial charge on any atom is 0.242 e. The summed E-state index contributed by atoms with van der Waals surface area (Å²) in [5.41, 5.74) is 0.776. The molecule has 6 rings (SSSR count). The van der Waals surface area contributed by atoms with E-state index in [1.165, 1.54) is 19.3 Å². The van der Waals surface area contributed by atoms with Gasteiger partial charge in [0, 0.05) is 19.0 Å². The quantitative estimate of drug-likeness (QED) is 0.848. The third-order valence-electron chi connectivity index (χ3n) is 7.20. The highest BCUT2D eigenvalue weighted by molar-refractivity contribution is 5.88. The van der Waals surface area contributed by atoms with E-state index in [1.54, 1.807) is 11.9 Å². The molecule has 1 aromatic carbocycles. The van der Waals surface area contributed by atoms with E-state index in [4.69, 9.17) is 9.47 Å². The Kier molecular flexibility index (Phi) is 4.25. The van der Waals surface area contributed by atoms with E-state index in [9.17, 15) is 9.59 Å². The van der Waals surface area contributed by atoms with Gasteiger partial charge in [-0.1, -0.05) is 6.07 Å². The molecule has 1 heterocycles. The molecule has 1 aromatic rings. The van der Waals surface area contributed by atoms with Crippen molar-refractivity contribution in [3.05, 3.63) is 23.8 Å². The Balaban J connectivity index is 1.16. The lowest BCUT2D eigenvalue weighted by Gasteiger charge is -2.55. The number of rotatable bonds is 5. The van der Waals surface area contributed by atoms with Gasteiger partial charge in [0.1, 0.15) is 0 Å². The van der Waals surface area contributed by atoms with E-state index in [2.05, 4.69) is 5.32 Å². The third kappa shape index (κ3) is 3.12. The van der Waals surface area contributed by atoms with Crippen molar-refractivity contribution in [2.45, 2.75) is 45.1 Å². The second-order valence-corrected chi connectivity index (χ2v) is 9.32. The smallest absolute Gasteiger partial charge is 0.242 e. The van der Waals surface area contributed by atoms with Crippen LogP contribution in [0.1, 0.15) is 44.1 Å². The van der Waals surface area contributed by atoms with Crippen LogP contribution >= 0.6 is 0 Å². The molecule has 0 radical (unpaired) electrons. The zero-order valence-electron chi connectivity index (χ0n) is 16.4. The van der Waals surface area contributed by atoms with Gasteiger partial charge >= 0.3 is 0 Å². The summed E-state index contributed by atoms with van der Waals surface area (Å²) in [6.07, 6.45) is 6.99. The average Bonchev–Trinajstić information content (AvgIpc) is 3.12. The number of ether oxygens (including phenoxy) is 2. The maximum atomic E-state index is 13.0. The Morgan fingerprint density at radius 3 is 2.39 bits per heavy atom. The Hall–Kier alpha value is -2.24. The Labute approximate surface area is 165 Å².